The van der Waals surface area contributed by atoms with E-state index in [1.807, 2.05) is 73.1 Å². The Morgan fingerprint density at radius 1 is 1.06 bits per heavy atom. The van der Waals surface area contributed by atoms with Crippen molar-refractivity contribution in [2.75, 3.05) is 25.4 Å². The van der Waals surface area contributed by atoms with Crippen LogP contribution >= 0.6 is 0 Å². The minimum absolute atomic E-state index is 0.0653. The molecule has 0 spiro atoms. The first-order valence-corrected chi connectivity index (χ1v) is 19.0. The number of anilines is 1. The number of nitrogen functional groups attached to an aromatic ring is 1. The number of nitrogens with two attached hydrogens (primary N) is 1. The van der Waals surface area contributed by atoms with Crippen molar-refractivity contribution in [1.82, 2.24) is 24.6 Å². The van der Waals surface area contributed by atoms with Crippen LogP contribution in [0.3, 0.4) is 0 Å². The minimum atomic E-state index is -1.99. The second kappa shape index (κ2) is 13.3. The average Bonchev–Trinajstić information content (AvgIpc) is 3.44. The van der Waals surface area contributed by atoms with Gasteiger partial charge in [0.1, 0.15) is 41.0 Å². The zero-order valence-electron chi connectivity index (χ0n) is 28.4. The SMILES string of the molecule is CC(C)(/C=C(\C#N)C(=O)N1CCC[C@@H](n2nc(-c3ccc(Oc4ccccc4)cc3)c3c(N)ncnc32)C1)CO[Si](C)(C)C(C)(C)C. The number of fused-ring (bicyclic) bond motifs is 1. The van der Waals surface area contributed by atoms with Gasteiger partial charge in [0, 0.05) is 30.7 Å². The Labute approximate surface area is 278 Å². The van der Waals surface area contributed by atoms with Crippen molar-refractivity contribution in [3.63, 3.8) is 0 Å². The zero-order valence-corrected chi connectivity index (χ0v) is 29.4. The Morgan fingerprint density at radius 3 is 2.40 bits per heavy atom. The largest absolute Gasteiger partial charge is 0.457 e. The molecule has 0 unspecified atom stereocenters. The number of carbonyl (C=O) groups excluding carboxylic acids is 1. The van der Waals surface area contributed by atoms with E-state index in [4.69, 9.17) is 20.0 Å². The fourth-order valence-electron chi connectivity index (χ4n) is 5.42. The van der Waals surface area contributed by atoms with Gasteiger partial charge < -0.3 is 19.8 Å². The molecule has 3 heterocycles. The van der Waals surface area contributed by atoms with Gasteiger partial charge in [-0.1, -0.05) is 58.9 Å². The Hall–Kier alpha value is -4.53. The van der Waals surface area contributed by atoms with Crippen LogP contribution in [0.15, 0.2) is 72.6 Å². The molecule has 4 aromatic rings. The van der Waals surface area contributed by atoms with Crippen LogP contribution in [0.4, 0.5) is 5.82 Å². The predicted octanol–water partition coefficient (Wildman–Crippen LogP) is 7.53. The molecule has 1 saturated heterocycles. The van der Waals surface area contributed by atoms with E-state index in [1.165, 1.54) is 6.33 Å². The van der Waals surface area contributed by atoms with E-state index in [0.717, 1.165) is 24.2 Å². The van der Waals surface area contributed by atoms with Gasteiger partial charge in [0.15, 0.2) is 14.0 Å². The number of benzene rings is 2. The standard InChI is InChI=1S/C36H45N7O3Si/c1-35(2,3)47(6,7)45-23-36(4,5)20-26(21-37)34(44)42-19-11-12-27(22-42)43-33-30(32(38)39-24-40-33)31(41-43)25-15-17-29(18-16-25)46-28-13-9-8-10-14-28/h8-10,13-18,20,24,27H,11-12,19,22-23H2,1-7H3,(H2,38,39,40)/b26-20+/t27-/m1/s1. The third-order valence-corrected chi connectivity index (χ3v) is 13.6. The van der Waals surface area contributed by atoms with Gasteiger partial charge >= 0.3 is 0 Å². The molecule has 1 aliphatic rings. The number of para-hydroxylation sites is 1. The van der Waals surface area contributed by atoms with Crippen LogP contribution in [0.1, 0.15) is 53.5 Å². The third-order valence-electron chi connectivity index (χ3n) is 9.15. The Morgan fingerprint density at radius 2 is 1.74 bits per heavy atom. The second-order valence-electron chi connectivity index (χ2n) is 14.4. The predicted molar refractivity (Wildman–Crippen MR) is 187 cm³/mol. The molecule has 2 aromatic heterocycles. The van der Waals surface area contributed by atoms with Crippen LogP contribution in [0.2, 0.25) is 18.1 Å². The van der Waals surface area contributed by atoms with Crippen molar-refractivity contribution >= 4 is 31.1 Å². The van der Waals surface area contributed by atoms with Crippen LogP contribution in [0, 0.1) is 16.7 Å². The molecule has 0 saturated carbocycles. The average molecular weight is 652 g/mol. The van der Waals surface area contributed by atoms with E-state index in [9.17, 15) is 10.1 Å². The summed E-state index contributed by atoms with van der Waals surface area (Å²) in [6.45, 7) is 16.4. The first-order valence-electron chi connectivity index (χ1n) is 16.1. The molecule has 47 heavy (non-hydrogen) atoms. The van der Waals surface area contributed by atoms with Gasteiger partial charge in [0.2, 0.25) is 0 Å². The highest BCUT2D eigenvalue weighted by Gasteiger charge is 2.38. The summed E-state index contributed by atoms with van der Waals surface area (Å²) < 4.78 is 14.3. The van der Waals surface area contributed by atoms with Gasteiger partial charge in [-0.15, -0.1) is 0 Å². The van der Waals surface area contributed by atoms with Gasteiger partial charge in [-0.05, 0) is 67.4 Å². The van der Waals surface area contributed by atoms with E-state index in [0.29, 0.717) is 48.0 Å². The smallest absolute Gasteiger partial charge is 0.264 e. The summed E-state index contributed by atoms with van der Waals surface area (Å²) in [5, 5.41) is 15.8. The van der Waals surface area contributed by atoms with E-state index in [-0.39, 0.29) is 22.6 Å². The molecule has 5 rings (SSSR count). The highest BCUT2D eigenvalue weighted by molar-refractivity contribution is 6.74. The molecular formula is C36H45N7O3Si. The van der Waals surface area contributed by atoms with Crippen molar-refractivity contribution in [1.29, 1.82) is 5.26 Å². The number of amides is 1. The number of hydrogen-bond acceptors (Lipinski definition) is 8. The van der Waals surface area contributed by atoms with Gasteiger partial charge in [-0.3, -0.25) is 4.79 Å². The molecule has 1 atom stereocenters. The fraction of sp³-hybridized carbons (Fsp3) is 0.417. The lowest BCUT2D eigenvalue weighted by molar-refractivity contribution is -0.128. The lowest BCUT2D eigenvalue weighted by Crippen LogP contribution is -2.43. The first-order chi connectivity index (χ1) is 22.2. The summed E-state index contributed by atoms with van der Waals surface area (Å²) in [7, 11) is -1.99. The minimum Gasteiger partial charge on any atom is -0.457 e. The Balaban J connectivity index is 1.37. The number of aromatic nitrogens is 4. The lowest BCUT2D eigenvalue weighted by atomic mass is 9.91. The number of nitrogens with zero attached hydrogens (tertiary/aromatic N) is 6. The molecule has 2 aromatic carbocycles. The molecule has 1 amide bonds. The van der Waals surface area contributed by atoms with Gasteiger partial charge in [0.05, 0.1) is 11.4 Å². The number of hydrogen-bond donors (Lipinski definition) is 1. The quantitative estimate of drug-likeness (QED) is 0.112. The number of carbonyl (C=O) groups is 1. The number of piperidine rings is 1. The van der Waals surface area contributed by atoms with Crippen LogP contribution in [-0.2, 0) is 9.22 Å². The summed E-state index contributed by atoms with van der Waals surface area (Å²) in [6, 6.07) is 19.3. The molecule has 246 valence electrons. The van der Waals surface area contributed by atoms with Crippen molar-refractivity contribution in [3.8, 4) is 28.8 Å². The fourth-order valence-corrected chi connectivity index (χ4v) is 6.59. The summed E-state index contributed by atoms with van der Waals surface area (Å²) in [4.78, 5) is 24.3. The zero-order chi connectivity index (χ0) is 34.0. The van der Waals surface area contributed by atoms with E-state index < -0.39 is 13.7 Å². The number of ether oxygens (including phenoxy) is 1. The van der Waals surface area contributed by atoms with Crippen LogP contribution in [0.5, 0.6) is 11.5 Å². The molecule has 0 aliphatic carbocycles. The van der Waals surface area contributed by atoms with Crippen molar-refractivity contribution in [3.05, 3.63) is 72.6 Å². The molecule has 0 bridgehead atoms. The summed E-state index contributed by atoms with van der Waals surface area (Å²) >= 11 is 0. The lowest BCUT2D eigenvalue weighted by Gasteiger charge is -2.38. The molecular weight excluding hydrogens is 607 g/mol. The molecule has 0 radical (unpaired) electrons. The van der Waals surface area contributed by atoms with Gasteiger partial charge in [-0.2, -0.15) is 10.4 Å². The highest BCUT2D eigenvalue weighted by Crippen LogP contribution is 2.38. The maximum Gasteiger partial charge on any atom is 0.264 e. The molecule has 1 aliphatic heterocycles. The van der Waals surface area contributed by atoms with Crippen molar-refractivity contribution < 1.29 is 14.0 Å². The maximum atomic E-state index is 13.8. The monoisotopic (exact) mass is 651 g/mol. The summed E-state index contributed by atoms with van der Waals surface area (Å²) in [5.74, 6) is 1.51. The Bertz CT molecular complexity index is 1800. The van der Waals surface area contributed by atoms with Crippen LogP contribution < -0.4 is 10.5 Å². The second-order valence-corrected chi connectivity index (χ2v) is 19.3. The molecule has 11 heteroatoms. The Kier molecular flexibility index (Phi) is 9.57. The summed E-state index contributed by atoms with van der Waals surface area (Å²) in [5.41, 5.74) is 8.14. The van der Waals surface area contributed by atoms with Crippen molar-refractivity contribution in [2.24, 2.45) is 5.41 Å². The number of likely N-dealkylation sites (tertiary alicyclic amines) is 1. The van der Waals surface area contributed by atoms with E-state index in [1.54, 1.807) is 11.0 Å². The van der Waals surface area contributed by atoms with Crippen molar-refractivity contribution in [2.45, 2.75) is 71.6 Å². The molecule has 2 N–H and O–H groups in total. The molecule has 1 fully saturated rings. The van der Waals surface area contributed by atoms with Gasteiger partial charge in [0.25, 0.3) is 5.91 Å². The normalized spacial score (nSPS) is 16.3. The maximum absolute atomic E-state index is 13.8. The molecule has 10 nitrogen and oxygen atoms in total. The number of rotatable bonds is 9. The topological polar surface area (TPSA) is 132 Å². The first kappa shape index (κ1) is 33.8. The van der Waals surface area contributed by atoms with Crippen LogP contribution in [0.25, 0.3) is 22.3 Å². The third kappa shape index (κ3) is 7.55. The summed E-state index contributed by atoms with van der Waals surface area (Å²) in [6.07, 6.45) is 4.76. The van der Waals surface area contributed by atoms with E-state index in [2.05, 4.69) is 49.9 Å². The highest BCUT2D eigenvalue weighted by atomic mass is 28.4. The van der Waals surface area contributed by atoms with E-state index >= 15 is 0 Å². The van der Waals surface area contributed by atoms with Gasteiger partial charge in [-0.25, -0.2) is 14.6 Å². The van der Waals surface area contributed by atoms with Crippen LogP contribution in [-0.4, -0.2) is 58.6 Å². The number of nitriles is 1.